The summed E-state index contributed by atoms with van der Waals surface area (Å²) in [5.41, 5.74) is -0.923. The third-order valence-corrected chi connectivity index (χ3v) is 6.71. The van der Waals surface area contributed by atoms with Gasteiger partial charge in [-0.25, -0.2) is 0 Å². The van der Waals surface area contributed by atoms with Crippen LogP contribution in [0, 0.1) is 23.2 Å². The summed E-state index contributed by atoms with van der Waals surface area (Å²) in [6, 6.07) is 0. The molecule has 0 aliphatic heterocycles. The van der Waals surface area contributed by atoms with Crippen LogP contribution in [0.4, 0.5) is 13.2 Å². The zero-order chi connectivity index (χ0) is 17.8. The molecule has 0 aromatic carbocycles. The van der Waals surface area contributed by atoms with E-state index >= 15 is 0 Å². The maximum Gasteiger partial charge on any atom is 0.426 e. The molecule has 0 aromatic heterocycles. The van der Waals surface area contributed by atoms with Crippen LogP contribution in [0.5, 0.6) is 0 Å². The molecule has 0 aromatic rings. The molecule has 3 rings (SSSR count). The minimum Gasteiger partial charge on any atom is -0.451 e. The molecule has 3 fully saturated rings. The number of halogens is 3. The summed E-state index contributed by atoms with van der Waals surface area (Å²) < 4.78 is 74.0. The Labute approximate surface area is 138 Å². The van der Waals surface area contributed by atoms with Crippen LogP contribution in [0.15, 0.2) is 0 Å². The van der Waals surface area contributed by atoms with E-state index in [4.69, 9.17) is 4.55 Å². The minimum absolute atomic E-state index is 0.332. The average molecular weight is 370 g/mol. The Kier molecular flexibility index (Phi) is 4.39. The van der Waals surface area contributed by atoms with E-state index in [0.717, 1.165) is 25.7 Å². The van der Waals surface area contributed by atoms with E-state index < -0.39 is 39.5 Å². The Morgan fingerprint density at radius 1 is 1.21 bits per heavy atom. The van der Waals surface area contributed by atoms with Crippen LogP contribution in [0.1, 0.15) is 44.9 Å². The molecule has 3 bridgehead atoms. The summed E-state index contributed by atoms with van der Waals surface area (Å²) in [5, 5.41) is 0. The number of ether oxygens (including phenoxy) is 1. The fourth-order valence-corrected chi connectivity index (χ4v) is 5.59. The molecule has 0 spiro atoms. The lowest BCUT2D eigenvalue weighted by Gasteiger charge is -2.53. The van der Waals surface area contributed by atoms with Crippen LogP contribution >= 0.6 is 0 Å². The first kappa shape index (κ1) is 18.0. The summed E-state index contributed by atoms with van der Waals surface area (Å²) in [7, 11) is -4.91. The topological polar surface area (TPSA) is 80.7 Å². The third-order valence-electron chi connectivity index (χ3n) is 5.98. The van der Waals surface area contributed by atoms with Gasteiger partial charge in [0.25, 0.3) is 10.1 Å². The second kappa shape index (κ2) is 5.86. The van der Waals surface area contributed by atoms with E-state index in [9.17, 15) is 26.4 Å². The second-order valence-electron chi connectivity index (χ2n) is 7.61. The maximum absolute atomic E-state index is 13.0. The van der Waals surface area contributed by atoms with Gasteiger partial charge in [0.2, 0.25) is 6.10 Å². The van der Waals surface area contributed by atoms with Crippen LogP contribution in [0.2, 0.25) is 0 Å². The van der Waals surface area contributed by atoms with Crippen molar-refractivity contribution in [2.75, 3.05) is 5.75 Å². The molecule has 5 atom stereocenters. The van der Waals surface area contributed by atoms with Crippen molar-refractivity contribution in [3.8, 4) is 0 Å². The van der Waals surface area contributed by atoms with Crippen LogP contribution in [0.25, 0.3) is 0 Å². The summed E-state index contributed by atoms with van der Waals surface area (Å²) in [6.45, 7) is 0. The van der Waals surface area contributed by atoms with Crippen LogP contribution < -0.4 is 0 Å². The van der Waals surface area contributed by atoms with Crippen molar-refractivity contribution < 1.29 is 35.7 Å². The third kappa shape index (κ3) is 3.56. The summed E-state index contributed by atoms with van der Waals surface area (Å²) in [6.07, 6.45) is -2.37. The van der Waals surface area contributed by atoms with Gasteiger partial charge in [0.1, 0.15) is 5.75 Å². The zero-order valence-corrected chi connectivity index (χ0v) is 13.9. The smallest absolute Gasteiger partial charge is 0.426 e. The van der Waals surface area contributed by atoms with Crippen molar-refractivity contribution >= 4 is 16.1 Å². The predicted octanol–water partition coefficient (Wildman–Crippen LogP) is 2.95. The Morgan fingerprint density at radius 2 is 1.92 bits per heavy atom. The maximum atomic E-state index is 13.0. The first-order chi connectivity index (χ1) is 11.0. The van der Waals surface area contributed by atoms with Crippen molar-refractivity contribution in [3.05, 3.63) is 0 Å². The number of carbonyl (C=O) groups excluding carboxylic acids is 1. The summed E-state index contributed by atoms with van der Waals surface area (Å²) >= 11 is 0. The number of hydrogen-bond donors (Lipinski definition) is 1. The molecule has 24 heavy (non-hydrogen) atoms. The molecule has 5 unspecified atom stereocenters. The molecule has 9 heteroatoms. The van der Waals surface area contributed by atoms with Gasteiger partial charge in [0, 0.05) is 0 Å². The first-order valence-corrected chi connectivity index (χ1v) is 9.82. The number of fused-ring (bicyclic) bond motifs is 2. The molecule has 3 aliphatic rings. The zero-order valence-electron chi connectivity index (χ0n) is 13.1. The van der Waals surface area contributed by atoms with Crippen LogP contribution in [-0.4, -0.2) is 37.0 Å². The van der Waals surface area contributed by atoms with Gasteiger partial charge in [0.15, 0.2) is 0 Å². The van der Waals surface area contributed by atoms with Gasteiger partial charge in [-0.05, 0) is 56.3 Å². The SMILES string of the molecule is O=C(OC(CS(=O)(=O)O)C(F)(F)F)C12CCC3CCC(CC3C1)C2. The Balaban J connectivity index is 1.77. The van der Waals surface area contributed by atoms with Gasteiger partial charge >= 0.3 is 12.1 Å². The minimum atomic E-state index is -5.04. The number of alkyl halides is 3. The lowest BCUT2D eigenvalue weighted by Crippen LogP contribution is -2.51. The van der Waals surface area contributed by atoms with E-state index in [1.54, 1.807) is 0 Å². The molecule has 5 nitrogen and oxygen atoms in total. The highest BCUT2D eigenvalue weighted by atomic mass is 32.2. The van der Waals surface area contributed by atoms with Crippen molar-refractivity contribution in [1.82, 2.24) is 0 Å². The summed E-state index contributed by atoms with van der Waals surface area (Å²) in [5.74, 6) is -1.39. The lowest BCUT2D eigenvalue weighted by atomic mass is 9.51. The van der Waals surface area contributed by atoms with Gasteiger partial charge < -0.3 is 4.74 Å². The molecule has 0 amide bonds. The number of hydrogen-bond acceptors (Lipinski definition) is 4. The van der Waals surface area contributed by atoms with Crippen LogP contribution in [-0.2, 0) is 19.6 Å². The van der Waals surface area contributed by atoms with Crippen molar-refractivity contribution in [1.29, 1.82) is 0 Å². The molecule has 3 aliphatic carbocycles. The largest absolute Gasteiger partial charge is 0.451 e. The first-order valence-electron chi connectivity index (χ1n) is 8.21. The predicted molar refractivity (Wildman–Crippen MR) is 77.6 cm³/mol. The van der Waals surface area contributed by atoms with E-state index in [1.165, 1.54) is 0 Å². The Morgan fingerprint density at radius 3 is 2.54 bits per heavy atom. The summed E-state index contributed by atoms with van der Waals surface area (Å²) in [4.78, 5) is 12.6. The lowest BCUT2D eigenvalue weighted by molar-refractivity contribution is -0.225. The number of rotatable bonds is 4. The molecule has 138 valence electrons. The standard InChI is InChI=1S/C15H21F3O5S/c16-15(17,18)12(8-24(20,21)22)23-13(19)14-4-3-10-2-1-9(6-14)5-11(10)7-14/h9-12H,1-8H2,(H,20,21,22). The molecule has 3 saturated carbocycles. The quantitative estimate of drug-likeness (QED) is 0.608. The highest BCUT2D eigenvalue weighted by molar-refractivity contribution is 7.85. The molecule has 1 N–H and O–H groups in total. The monoisotopic (exact) mass is 370 g/mol. The second-order valence-corrected chi connectivity index (χ2v) is 9.11. The van der Waals surface area contributed by atoms with E-state index in [1.807, 2.05) is 0 Å². The Bertz CT molecular complexity index is 613. The van der Waals surface area contributed by atoms with Gasteiger partial charge in [-0.15, -0.1) is 0 Å². The van der Waals surface area contributed by atoms with Crippen LogP contribution in [0.3, 0.4) is 0 Å². The molecule has 0 heterocycles. The fraction of sp³-hybridized carbons (Fsp3) is 0.933. The normalized spacial score (nSPS) is 37.1. The molecular formula is C15H21F3O5S. The molecule has 0 saturated heterocycles. The van der Waals surface area contributed by atoms with Crippen molar-refractivity contribution in [3.63, 3.8) is 0 Å². The average Bonchev–Trinajstić information content (AvgIpc) is 2.42. The molecular weight excluding hydrogens is 349 g/mol. The fourth-order valence-electron chi connectivity index (χ4n) is 4.95. The van der Waals surface area contributed by atoms with E-state index in [-0.39, 0.29) is 0 Å². The van der Waals surface area contributed by atoms with Gasteiger partial charge in [-0.2, -0.15) is 21.6 Å². The van der Waals surface area contributed by atoms with Gasteiger partial charge in [-0.1, -0.05) is 6.42 Å². The highest BCUT2D eigenvalue weighted by Gasteiger charge is 2.55. The van der Waals surface area contributed by atoms with Crippen molar-refractivity contribution in [2.45, 2.75) is 57.2 Å². The molecule has 0 radical (unpaired) electrons. The van der Waals surface area contributed by atoms with Gasteiger partial charge in [-0.3, -0.25) is 9.35 Å². The Hall–Kier alpha value is -0.830. The number of carbonyl (C=O) groups is 1. The van der Waals surface area contributed by atoms with Crippen molar-refractivity contribution in [2.24, 2.45) is 23.2 Å². The highest BCUT2D eigenvalue weighted by Crippen LogP contribution is 2.58. The van der Waals surface area contributed by atoms with E-state index in [0.29, 0.717) is 37.0 Å². The number of esters is 1. The van der Waals surface area contributed by atoms with Gasteiger partial charge in [0.05, 0.1) is 5.41 Å². The van der Waals surface area contributed by atoms with E-state index in [2.05, 4.69) is 4.74 Å².